The van der Waals surface area contributed by atoms with Crippen LogP contribution >= 0.6 is 0 Å². The first-order valence-corrected chi connectivity index (χ1v) is 8.07. The largest absolute Gasteiger partial charge is 0.423 e. The third-order valence-electron chi connectivity index (χ3n) is 3.74. The predicted molar refractivity (Wildman–Crippen MR) is 101 cm³/mol. The number of rotatable bonds is 4. The minimum atomic E-state index is -0.455. The molecule has 0 saturated carbocycles. The molecule has 0 radical (unpaired) electrons. The molecule has 3 aromatic carbocycles. The lowest BCUT2D eigenvalue weighted by atomic mass is 10.2. The van der Waals surface area contributed by atoms with Gasteiger partial charge in [0.15, 0.2) is 0 Å². The van der Waals surface area contributed by atoms with E-state index in [-0.39, 0.29) is 0 Å². The molecule has 0 aliphatic heterocycles. The molecule has 3 aromatic rings. The van der Waals surface area contributed by atoms with E-state index < -0.39 is 5.97 Å². The average molecular weight is 340 g/mol. The molecule has 4 nitrogen and oxygen atoms in total. The highest BCUT2D eigenvalue weighted by Gasteiger charge is 2.08. The molecule has 26 heavy (non-hydrogen) atoms. The Labute approximate surface area is 152 Å². The van der Waals surface area contributed by atoms with Gasteiger partial charge in [-0.3, -0.25) is 4.99 Å². The number of ether oxygens (including phenoxy) is 1. The lowest BCUT2D eigenvalue weighted by molar-refractivity contribution is 0.0735. The SMILES string of the molecule is Cc1ccc(C=Nc2ccc(C(=O)Oc3ccc(C#N)cc3)cc2)cc1. The molecule has 0 aromatic heterocycles. The average Bonchev–Trinajstić information content (AvgIpc) is 2.68. The van der Waals surface area contributed by atoms with E-state index in [1.165, 1.54) is 5.56 Å². The Morgan fingerprint density at radius 3 is 2.23 bits per heavy atom. The first kappa shape index (κ1) is 17.1. The molecule has 0 aliphatic carbocycles. The molecule has 0 amide bonds. The second-order valence-corrected chi connectivity index (χ2v) is 5.74. The highest BCUT2D eigenvalue weighted by Crippen LogP contribution is 2.17. The van der Waals surface area contributed by atoms with Gasteiger partial charge in [-0.15, -0.1) is 0 Å². The Kier molecular flexibility index (Phi) is 5.21. The van der Waals surface area contributed by atoms with Crippen LogP contribution in [0, 0.1) is 18.3 Å². The quantitative estimate of drug-likeness (QED) is 0.388. The second kappa shape index (κ2) is 7.91. The number of aryl methyl sites for hydroxylation is 1. The zero-order chi connectivity index (χ0) is 18.4. The van der Waals surface area contributed by atoms with E-state index in [9.17, 15) is 4.79 Å². The molecule has 0 unspecified atom stereocenters. The van der Waals surface area contributed by atoms with E-state index in [0.717, 1.165) is 11.3 Å². The highest BCUT2D eigenvalue weighted by molar-refractivity contribution is 5.91. The van der Waals surface area contributed by atoms with Crippen LogP contribution in [0.4, 0.5) is 5.69 Å². The van der Waals surface area contributed by atoms with Crippen molar-refractivity contribution in [1.29, 1.82) is 5.26 Å². The van der Waals surface area contributed by atoms with Crippen molar-refractivity contribution in [3.8, 4) is 11.8 Å². The predicted octanol–water partition coefficient (Wildman–Crippen LogP) is 4.84. The zero-order valence-corrected chi connectivity index (χ0v) is 14.2. The number of hydrogen-bond donors (Lipinski definition) is 0. The minimum absolute atomic E-state index is 0.399. The van der Waals surface area contributed by atoms with Gasteiger partial charge in [-0.25, -0.2) is 4.79 Å². The third kappa shape index (κ3) is 4.43. The van der Waals surface area contributed by atoms with Gasteiger partial charge in [-0.05, 0) is 61.0 Å². The molecule has 0 atom stereocenters. The monoisotopic (exact) mass is 340 g/mol. The summed E-state index contributed by atoms with van der Waals surface area (Å²) in [7, 11) is 0. The molecule has 0 fully saturated rings. The second-order valence-electron chi connectivity index (χ2n) is 5.74. The summed E-state index contributed by atoms with van der Waals surface area (Å²) >= 11 is 0. The number of esters is 1. The molecule has 0 heterocycles. The van der Waals surface area contributed by atoms with Crippen molar-refractivity contribution in [2.45, 2.75) is 6.92 Å². The highest BCUT2D eigenvalue weighted by atomic mass is 16.5. The maximum absolute atomic E-state index is 12.2. The van der Waals surface area contributed by atoms with Gasteiger partial charge in [0.2, 0.25) is 0 Å². The number of carbonyl (C=O) groups excluding carboxylic acids is 1. The van der Waals surface area contributed by atoms with E-state index >= 15 is 0 Å². The summed E-state index contributed by atoms with van der Waals surface area (Å²) in [5.41, 5.74) is 3.91. The molecular weight excluding hydrogens is 324 g/mol. The summed E-state index contributed by atoms with van der Waals surface area (Å²) in [5, 5.41) is 8.77. The van der Waals surface area contributed by atoms with Gasteiger partial charge < -0.3 is 4.74 Å². The maximum Gasteiger partial charge on any atom is 0.343 e. The van der Waals surface area contributed by atoms with Crippen molar-refractivity contribution in [2.75, 3.05) is 0 Å². The van der Waals surface area contributed by atoms with Gasteiger partial charge in [0.1, 0.15) is 5.75 Å². The van der Waals surface area contributed by atoms with Crippen LogP contribution in [-0.2, 0) is 0 Å². The van der Waals surface area contributed by atoms with Crippen LogP contribution in [0.15, 0.2) is 77.8 Å². The zero-order valence-electron chi connectivity index (χ0n) is 14.2. The minimum Gasteiger partial charge on any atom is -0.423 e. The molecule has 3 rings (SSSR count). The molecule has 126 valence electrons. The molecule has 0 aliphatic rings. The maximum atomic E-state index is 12.2. The van der Waals surface area contributed by atoms with Crippen LogP contribution in [0.1, 0.15) is 27.0 Å². The van der Waals surface area contributed by atoms with Crippen molar-refractivity contribution < 1.29 is 9.53 Å². The van der Waals surface area contributed by atoms with Gasteiger partial charge in [-0.1, -0.05) is 29.8 Å². The van der Waals surface area contributed by atoms with Crippen LogP contribution in [0.25, 0.3) is 0 Å². The summed E-state index contributed by atoms with van der Waals surface area (Å²) in [6.07, 6.45) is 1.78. The Balaban J connectivity index is 1.65. The number of carbonyl (C=O) groups is 1. The number of hydrogen-bond acceptors (Lipinski definition) is 4. The van der Waals surface area contributed by atoms with Crippen LogP contribution < -0.4 is 4.74 Å². The molecule has 0 saturated heterocycles. The number of benzene rings is 3. The van der Waals surface area contributed by atoms with Crippen molar-refractivity contribution in [3.05, 3.63) is 95.1 Å². The number of aliphatic imine (C=N–C) groups is 1. The Morgan fingerprint density at radius 1 is 0.962 bits per heavy atom. The fourth-order valence-electron chi connectivity index (χ4n) is 2.25. The smallest absolute Gasteiger partial charge is 0.343 e. The lowest BCUT2D eigenvalue weighted by Gasteiger charge is -2.04. The van der Waals surface area contributed by atoms with Crippen LogP contribution in [-0.4, -0.2) is 12.2 Å². The van der Waals surface area contributed by atoms with Gasteiger partial charge >= 0.3 is 5.97 Å². The van der Waals surface area contributed by atoms with Crippen LogP contribution in [0.5, 0.6) is 5.75 Å². The first-order valence-electron chi connectivity index (χ1n) is 8.07. The van der Waals surface area contributed by atoms with Gasteiger partial charge in [0, 0.05) is 6.21 Å². The molecule has 0 spiro atoms. The third-order valence-corrected chi connectivity index (χ3v) is 3.74. The summed E-state index contributed by atoms with van der Waals surface area (Å²) in [6, 6.07) is 23.4. The molecule has 0 N–H and O–H groups in total. The van der Waals surface area contributed by atoms with E-state index in [1.54, 1.807) is 54.7 Å². The Hall–Kier alpha value is -3.71. The van der Waals surface area contributed by atoms with Crippen molar-refractivity contribution in [1.82, 2.24) is 0 Å². The van der Waals surface area contributed by atoms with E-state index in [0.29, 0.717) is 16.9 Å². The summed E-state index contributed by atoms with van der Waals surface area (Å²) in [4.78, 5) is 16.6. The fraction of sp³-hybridized carbons (Fsp3) is 0.0455. The number of nitrogens with zero attached hydrogens (tertiary/aromatic N) is 2. The standard InChI is InChI=1S/C22H16N2O2/c1-16-2-4-18(5-3-16)15-24-20-10-8-19(9-11-20)22(25)26-21-12-6-17(14-23)7-13-21/h2-13,15H,1H3. The molecule has 4 heteroatoms. The van der Waals surface area contributed by atoms with Crippen molar-refractivity contribution in [3.63, 3.8) is 0 Å². The normalized spacial score (nSPS) is 10.5. The molecule has 0 bridgehead atoms. The first-order chi connectivity index (χ1) is 12.6. The Bertz CT molecular complexity index is 965. The topological polar surface area (TPSA) is 62.4 Å². The summed E-state index contributed by atoms with van der Waals surface area (Å²) < 4.78 is 5.29. The summed E-state index contributed by atoms with van der Waals surface area (Å²) in [5.74, 6) is -0.0563. The Morgan fingerprint density at radius 2 is 1.62 bits per heavy atom. The fourth-order valence-corrected chi connectivity index (χ4v) is 2.25. The number of nitriles is 1. The molecular formula is C22H16N2O2. The summed E-state index contributed by atoms with van der Waals surface area (Å²) in [6.45, 7) is 2.04. The lowest BCUT2D eigenvalue weighted by Crippen LogP contribution is -2.08. The van der Waals surface area contributed by atoms with Crippen molar-refractivity contribution in [2.24, 2.45) is 4.99 Å². The van der Waals surface area contributed by atoms with E-state index in [1.807, 2.05) is 37.3 Å². The van der Waals surface area contributed by atoms with Crippen LogP contribution in [0.2, 0.25) is 0 Å². The van der Waals surface area contributed by atoms with Gasteiger partial charge in [0.25, 0.3) is 0 Å². The van der Waals surface area contributed by atoms with Gasteiger partial charge in [0.05, 0.1) is 22.9 Å². The van der Waals surface area contributed by atoms with Crippen molar-refractivity contribution >= 4 is 17.9 Å². The van der Waals surface area contributed by atoms with Gasteiger partial charge in [-0.2, -0.15) is 5.26 Å². The van der Waals surface area contributed by atoms with E-state index in [4.69, 9.17) is 10.00 Å². The van der Waals surface area contributed by atoms with E-state index in [2.05, 4.69) is 4.99 Å². The van der Waals surface area contributed by atoms with Crippen LogP contribution in [0.3, 0.4) is 0 Å².